The monoisotopic (exact) mass is 279 g/mol. The van der Waals surface area contributed by atoms with Gasteiger partial charge in [-0.05, 0) is 19.9 Å². The number of carbonyl (C=O) groups excluding carboxylic acids is 2. The van der Waals surface area contributed by atoms with Gasteiger partial charge in [0.25, 0.3) is 5.91 Å². The Hall–Kier alpha value is -1.84. The molecule has 0 atom stereocenters. The van der Waals surface area contributed by atoms with Gasteiger partial charge in [-0.3, -0.25) is 9.59 Å². The van der Waals surface area contributed by atoms with Crippen LogP contribution in [0.1, 0.15) is 29.1 Å². The lowest BCUT2D eigenvalue weighted by Crippen LogP contribution is -2.42. The van der Waals surface area contributed by atoms with Crippen molar-refractivity contribution in [1.82, 2.24) is 5.32 Å². The molecule has 0 fully saturated rings. The molecule has 0 unspecified atom stereocenters. The van der Waals surface area contributed by atoms with Crippen LogP contribution in [0.2, 0.25) is 0 Å². The first-order chi connectivity index (χ1) is 8.86. The van der Waals surface area contributed by atoms with E-state index >= 15 is 0 Å². The minimum atomic E-state index is -0.770. The largest absolute Gasteiger partial charge is 0.369 e. The van der Waals surface area contributed by atoms with Crippen LogP contribution in [0.25, 0.3) is 0 Å². The van der Waals surface area contributed by atoms with Crippen LogP contribution in [0.5, 0.6) is 0 Å². The number of nitrogens with two attached hydrogens (primary N) is 2. The van der Waals surface area contributed by atoms with E-state index in [0.29, 0.717) is 5.56 Å². The molecule has 0 aliphatic heterocycles. The zero-order valence-corrected chi connectivity index (χ0v) is 11.8. The first-order valence-corrected chi connectivity index (χ1v) is 6.60. The van der Waals surface area contributed by atoms with Crippen LogP contribution in [-0.4, -0.2) is 24.9 Å². The van der Waals surface area contributed by atoms with Crippen LogP contribution < -0.4 is 16.8 Å². The molecule has 1 aromatic heterocycles. The summed E-state index contributed by atoms with van der Waals surface area (Å²) in [5.41, 5.74) is 10.3. The van der Waals surface area contributed by atoms with E-state index in [1.165, 1.54) is 11.3 Å². The van der Waals surface area contributed by atoms with Crippen LogP contribution >= 0.6 is 11.3 Å². The summed E-state index contributed by atoms with van der Waals surface area (Å²) in [6.07, 6.45) is 0. The first kappa shape index (κ1) is 15.2. The maximum absolute atomic E-state index is 11.9. The molecular weight excluding hydrogens is 262 g/mol. The molecule has 19 heavy (non-hydrogen) atoms. The second kappa shape index (κ2) is 6.36. The molecule has 1 heterocycles. The topological polar surface area (TPSA) is 98.2 Å². The van der Waals surface area contributed by atoms with Gasteiger partial charge in [0.15, 0.2) is 0 Å². The average Bonchev–Trinajstić information content (AvgIpc) is 2.82. The van der Waals surface area contributed by atoms with Crippen molar-refractivity contribution in [1.29, 1.82) is 0 Å². The van der Waals surface area contributed by atoms with Crippen LogP contribution in [-0.2, 0) is 4.79 Å². The third-order valence-electron chi connectivity index (χ3n) is 2.53. The predicted octanol–water partition coefficient (Wildman–Crippen LogP) is 0.300. The summed E-state index contributed by atoms with van der Waals surface area (Å²) >= 11 is 1.38. The summed E-state index contributed by atoms with van der Waals surface area (Å²) in [6.45, 7) is 3.84. The van der Waals surface area contributed by atoms with Gasteiger partial charge in [0.2, 0.25) is 5.91 Å². The van der Waals surface area contributed by atoms with E-state index in [1.54, 1.807) is 25.3 Å². The zero-order valence-electron chi connectivity index (χ0n) is 10.9. The Kier molecular flexibility index (Phi) is 5.10. The Labute approximate surface area is 116 Å². The van der Waals surface area contributed by atoms with E-state index in [1.807, 2.05) is 0 Å². The fourth-order valence-electron chi connectivity index (χ4n) is 1.15. The van der Waals surface area contributed by atoms with Crippen molar-refractivity contribution in [3.05, 3.63) is 21.9 Å². The first-order valence-electron chi connectivity index (χ1n) is 5.72. The SMILES string of the molecule is CC(C)(CNC(=O)c1csc(C#CCN)c1)C(N)=O. The molecule has 0 saturated carbocycles. The average molecular weight is 279 g/mol. The van der Waals surface area contributed by atoms with E-state index in [0.717, 1.165) is 4.88 Å². The number of thiophene rings is 1. The van der Waals surface area contributed by atoms with Crippen molar-refractivity contribution >= 4 is 23.2 Å². The van der Waals surface area contributed by atoms with Crippen LogP contribution in [0.3, 0.4) is 0 Å². The van der Waals surface area contributed by atoms with Gasteiger partial charge < -0.3 is 16.8 Å². The third-order valence-corrected chi connectivity index (χ3v) is 3.38. The van der Waals surface area contributed by atoms with Crippen LogP contribution in [0.4, 0.5) is 0 Å². The van der Waals surface area contributed by atoms with Crippen molar-refractivity contribution in [2.45, 2.75) is 13.8 Å². The molecule has 0 aliphatic rings. The third kappa shape index (κ3) is 4.39. The lowest BCUT2D eigenvalue weighted by Gasteiger charge is -2.20. The highest BCUT2D eigenvalue weighted by molar-refractivity contribution is 7.10. The van der Waals surface area contributed by atoms with E-state index in [4.69, 9.17) is 11.5 Å². The molecule has 0 bridgehead atoms. The lowest BCUT2D eigenvalue weighted by molar-refractivity contribution is -0.125. The van der Waals surface area contributed by atoms with Gasteiger partial charge in [-0.15, -0.1) is 11.3 Å². The van der Waals surface area contributed by atoms with E-state index in [9.17, 15) is 9.59 Å². The molecule has 102 valence electrons. The number of rotatable bonds is 4. The molecule has 0 radical (unpaired) electrons. The van der Waals surface area contributed by atoms with Gasteiger partial charge >= 0.3 is 0 Å². The summed E-state index contributed by atoms with van der Waals surface area (Å²) in [7, 11) is 0. The molecule has 5 N–H and O–H groups in total. The Morgan fingerprint density at radius 1 is 1.47 bits per heavy atom. The number of hydrogen-bond donors (Lipinski definition) is 3. The number of amides is 2. The molecule has 0 aliphatic carbocycles. The van der Waals surface area contributed by atoms with Gasteiger partial charge in [-0.25, -0.2) is 0 Å². The van der Waals surface area contributed by atoms with Crippen molar-refractivity contribution < 1.29 is 9.59 Å². The van der Waals surface area contributed by atoms with E-state index in [2.05, 4.69) is 17.2 Å². The minimum Gasteiger partial charge on any atom is -0.369 e. The number of hydrogen-bond acceptors (Lipinski definition) is 4. The molecule has 5 nitrogen and oxygen atoms in total. The highest BCUT2D eigenvalue weighted by Gasteiger charge is 2.25. The van der Waals surface area contributed by atoms with Crippen molar-refractivity contribution in [3.8, 4) is 11.8 Å². The second-order valence-corrected chi connectivity index (χ2v) is 5.55. The lowest BCUT2D eigenvalue weighted by atomic mass is 9.93. The Morgan fingerprint density at radius 3 is 2.74 bits per heavy atom. The van der Waals surface area contributed by atoms with E-state index in [-0.39, 0.29) is 19.0 Å². The maximum atomic E-state index is 11.9. The molecule has 1 aromatic rings. The van der Waals surface area contributed by atoms with Crippen molar-refractivity contribution in [3.63, 3.8) is 0 Å². The molecule has 0 spiro atoms. The smallest absolute Gasteiger partial charge is 0.252 e. The van der Waals surface area contributed by atoms with Crippen LogP contribution in [0, 0.1) is 17.3 Å². The highest BCUT2D eigenvalue weighted by Crippen LogP contribution is 2.15. The Balaban J connectivity index is 2.64. The van der Waals surface area contributed by atoms with Gasteiger partial charge in [-0.1, -0.05) is 11.8 Å². The number of primary amides is 1. The van der Waals surface area contributed by atoms with E-state index < -0.39 is 11.3 Å². The fourth-order valence-corrected chi connectivity index (χ4v) is 1.90. The maximum Gasteiger partial charge on any atom is 0.252 e. The van der Waals surface area contributed by atoms with Crippen molar-refractivity contribution in [2.75, 3.05) is 13.1 Å². The molecule has 6 heteroatoms. The van der Waals surface area contributed by atoms with Crippen LogP contribution in [0.15, 0.2) is 11.4 Å². The zero-order chi connectivity index (χ0) is 14.5. The molecule has 0 aromatic carbocycles. The molecule has 0 saturated heterocycles. The fraction of sp³-hybridized carbons (Fsp3) is 0.385. The van der Waals surface area contributed by atoms with Gasteiger partial charge in [0, 0.05) is 11.9 Å². The van der Waals surface area contributed by atoms with Gasteiger partial charge in [-0.2, -0.15) is 0 Å². The predicted molar refractivity (Wildman–Crippen MR) is 75.6 cm³/mol. The standard InChI is InChI=1S/C13H17N3O2S/c1-13(2,12(15)18)8-16-11(17)9-6-10(19-7-9)4-3-5-14/h6-7H,5,8,14H2,1-2H3,(H2,15,18)(H,16,17). The number of carbonyl (C=O) groups is 2. The molecule has 1 rings (SSSR count). The summed E-state index contributed by atoms with van der Waals surface area (Å²) in [5, 5.41) is 4.40. The normalized spacial score (nSPS) is 10.5. The summed E-state index contributed by atoms with van der Waals surface area (Å²) in [5.74, 6) is 4.89. The summed E-state index contributed by atoms with van der Waals surface area (Å²) in [4.78, 5) is 23.8. The molecule has 2 amide bonds. The van der Waals surface area contributed by atoms with Gasteiger partial charge in [0.1, 0.15) is 0 Å². The highest BCUT2D eigenvalue weighted by atomic mass is 32.1. The quantitative estimate of drug-likeness (QED) is 0.691. The summed E-state index contributed by atoms with van der Waals surface area (Å²) < 4.78 is 0. The Bertz CT molecular complexity index is 538. The second-order valence-electron chi connectivity index (χ2n) is 4.64. The summed E-state index contributed by atoms with van der Waals surface area (Å²) in [6, 6.07) is 1.69. The van der Waals surface area contributed by atoms with Crippen molar-refractivity contribution in [2.24, 2.45) is 16.9 Å². The Morgan fingerprint density at radius 2 is 2.16 bits per heavy atom. The minimum absolute atomic E-state index is 0.195. The number of nitrogens with one attached hydrogen (secondary N) is 1. The van der Waals surface area contributed by atoms with Gasteiger partial charge in [0.05, 0.1) is 22.4 Å². The molecular formula is C13H17N3O2S.